The number of nitrogens with zero attached hydrogens (tertiary/aromatic N) is 1. The monoisotopic (exact) mass is 69.0 g/mol. The lowest BCUT2D eigenvalue weighted by Gasteiger charge is -1.52. The zero-order valence-corrected chi connectivity index (χ0v) is 2.64. The van der Waals surface area contributed by atoms with E-state index in [1.54, 1.807) is 0 Å². The Kier molecular flexibility index (Phi) is 0.373. The van der Waals surface area contributed by atoms with Gasteiger partial charge in [0.15, 0.2) is 6.61 Å². The minimum absolute atomic E-state index is 0.0741. The van der Waals surface area contributed by atoms with Crippen molar-refractivity contribution in [2.24, 2.45) is 0 Å². The SMILES string of the molecule is [C-]#[N+][C@@H]1CO1. The molecule has 0 aromatic heterocycles. The average Bonchev–Trinajstić information content (AvgIpc) is 2.12. The summed E-state index contributed by atoms with van der Waals surface area (Å²) < 4.78 is 4.50. The van der Waals surface area contributed by atoms with Gasteiger partial charge in [0.2, 0.25) is 0 Å². The van der Waals surface area contributed by atoms with Crippen LogP contribution in [0.1, 0.15) is 0 Å². The normalized spacial score (nSPS) is 32.2. The fraction of sp³-hybridized carbons (Fsp3) is 0.667. The molecule has 0 aromatic rings. The van der Waals surface area contributed by atoms with Crippen molar-refractivity contribution in [2.75, 3.05) is 6.61 Å². The molecule has 0 spiro atoms. The maximum Gasteiger partial charge on any atom is 0.351 e. The van der Waals surface area contributed by atoms with Crippen molar-refractivity contribution >= 4 is 0 Å². The fourth-order valence-electron chi connectivity index (χ4n) is 0.118. The highest BCUT2D eigenvalue weighted by Crippen LogP contribution is 2.07. The smallest absolute Gasteiger partial charge is 0.297 e. The van der Waals surface area contributed by atoms with Crippen molar-refractivity contribution in [3.63, 3.8) is 0 Å². The predicted octanol–water partition coefficient (Wildman–Crippen LogP) is 0.262. The molecular formula is C3H3NO. The molecule has 1 atom stereocenters. The van der Waals surface area contributed by atoms with Gasteiger partial charge in [-0.05, 0) is 0 Å². The first-order chi connectivity index (χ1) is 2.43. The number of hydrogen-bond acceptors (Lipinski definition) is 1. The first-order valence-electron chi connectivity index (χ1n) is 1.41. The third-order valence-corrected chi connectivity index (χ3v) is 0.460. The fourth-order valence-corrected chi connectivity index (χ4v) is 0.118. The first-order valence-corrected chi connectivity index (χ1v) is 1.41. The number of rotatable bonds is 0. The van der Waals surface area contributed by atoms with Gasteiger partial charge in [0, 0.05) is 0 Å². The standard InChI is InChI=1S/C3H3NO/c1-4-3-2-5-3/h3H,2H2/t3-/m0/s1. The van der Waals surface area contributed by atoms with E-state index in [0.29, 0.717) is 6.61 Å². The molecule has 0 bridgehead atoms. The molecule has 26 valence electrons. The molecule has 0 radical (unpaired) electrons. The molecule has 5 heavy (non-hydrogen) atoms. The lowest BCUT2D eigenvalue weighted by Crippen LogP contribution is -1.61. The first kappa shape index (κ1) is 2.67. The summed E-state index contributed by atoms with van der Waals surface area (Å²) >= 11 is 0. The molecule has 1 rings (SSSR count). The summed E-state index contributed by atoms with van der Waals surface area (Å²) in [5, 5.41) is 0. The molecule has 0 unspecified atom stereocenters. The van der Waals surface area contributed by atoms with Crippen LogP contribution in [0.4, 0.5) is 0 Å². The second kappa shape index (κ2) is 0.697. The van der Waals surface area contributed by atoms with Crippen molar-refractivity contribution in [1.82, 2.24) is 0 Å². The van der Waals surface area contributed by atoms with Crippen LogP contribution in [-0.4, -0.2) is 12.8 Å². The van der Waals surface area contributed by atoms with E-state index in [0.717, 1.165) is 0 Å². The summed E-state index contributed by atoms with van der Waals surface area (Å²) in [7, 11) is 0. The summed E-state index contributed by atoms with van der Waals surface area (Å²) in [5.74, 6) is 0. The molecule has 2 heteroatoms. The largest absolute Gasteiger partial charge is 0.351 e. The third kappa shape index (κ3) is 0.366. The Morgan fingerprint density at radius 3 is 2.60 bits per heavy atom. The van der Waals surface area contributed by atoms with Crippen LogP contribution in [-0.2, 0) is 4.74 Å². The van der Waals surface area contributed by atoms with Gasteiger partial charge in [0.25, 0.3) is 0 Å². The van der Waals surface area contributed by atoms with Gasteiger partial charge in [-0.15, -0.1) is 0 Å². The van der Waals surface area contributed by atoms with Gasteiger partial charge in [-0.3, -0.25) is 9.58 Å². The van der Waals surface area contributed by atoms with Crippen LogP contribution in [0.3, 0.4) is 0 Å². The Balaban J connectivity index is 2.30. The van der Waals surface area contributed by atoms with Crippen molar-refractivity contribution in [2.45, 2.75) is 6.23 Å². The molecule has 0 N–H and O–H groups in total. The van der Waals surface area contributed by atoms with Crippen LogP contribution in [0, 0.1) is 6.57 Å². The quantitative estimate of drug-likeness (QED) is 0.294. The molecular weight excluding hydrogens is 66.0 g/mol. The van der Waals surface area contributed by atoms with E-state index in [9.17, 15) is 0 Å². The van der Waals surface area contributed by atoms with E-state index in [4.69, 9.17) is 6.57 Å². The maximum atomic E-state index is 6.22. The lowest BCUT2D eigenvalue weighted by atomic mass is 10.8. The molecule has 0 amide bonds. The van der Waals surface area contributed by atoms with Crippen molar-refractivity contribution < 1.29 is 4.74 Å². The second-order valence-corrected chi connectivity index (χ2v) is 0.917. The van der Waals surface area contributed by atoms with Crippen molar-refractivity contribution in [1.29, 1.82) is 0 Å². The van der Waals surface area contributed by atoms with E-state index in [1.165, 1.54) is 0 Å². The molecule has 0 aliphatic carbocycles. The van der Waals surface area contributed by atoms with Crippen LogP contribution >= 0.6 is 0 Å². The molecule has 1 heterocycles. The Hall–Kier alpha value is -0.550. The van der Waals surface area contributed by atoms with Gasteiger partial charge in [-0.1, -0.05) is 0 Å². The van der Waals surface area contributed by atoms with E-state index < -0.39 is 0 Å². The van der Waals surface area contributed by atoms with Crippen LogP contribution in [0.15, 0.2) is 0 Å². The van der Waals surface area contributed by atoms with E-state index in [2.05, 4.69) is 9.58 Å². The molecule has 2 nitrogen and oxygen atoms in total. The molecule has 1 fully saturated rings. The Labute approximate surface area is 30.2 Å². The molecule has 1 aliphatic heterocycles. The Morgan fingerprint density at radius 1 is 2.00 bits per heavy atom. The summed E-state index contributed by atoms with van der Waals surface area (Å²) in [6.45, 7) is 6.88. The maximum absolute atomic E-state index is 6.22. The van der Waals surface area contributed by atoms with Gasteiger partial charge in [-0.2, -0.15) is 0 Å². The van der Waals surface area contributed by atoms with Gasteiger partial charge >= 0.3 is 6.23 Å². The Morgan fingerprint density at radius 2 is 2.60 bits per heavy atom. The topological polar surface area (TPSA) is 16.9 Å². The summed E-state index contributed by atoms with van der Waals surface area (Å²) in [5.41, 5.74) is 0. The zero-order chi connectivity index (χ0) is 3.70. The van der Waals surface area contributed by atoms with Gasteiger partial charge < -0.3 is 0 Å². The lowest BCUT2D eigenvalue weighted by molar-refractivity contribution is 0.439. The highest BCUT2D eigenvalue weighted by atomic mass is 16.6. The summed E-state index contributed by atoms with van der Waals surface area (Å²) in [6.07, 6.45) is -0.0741. The molecule has 1 saturated heterocycles. The van der Waals surface area contributed by atoms with Crippen LogP contribution < -0.4 is 0 Å². The number of epoxide rings is 1. The highest BCUT2D eigenvalue weighted by Gasteiger charge is 2.27. The predicted molar refractivity (Wildman–Crippen MR) is 16.3 cm³/mol. The van der Waals surface area contributed by atoms with Gasteiger partial charge in [0.05, 0.1) is 0 Å². The Bertz CT molecular complexity index is 69.5. The van der Waals surface area contributed by atoms with Gasteiger partial charge in [0.1, 0.15) is 0 Å². The van der Waals surface area contributed by atoms with E-state index >= 15 is 0 Å². The van der Waals surface area contributed by atoms with E-state index in [-0.39, 0.29) is 6.23 Å². The minimum atomic E-state index is -0.0741. The van der Waals surface area contributed by atoms with Crippen molar-refractivity contribution in [3.05, 3.63) is 11.4 Å². The third-order valence-electron chi connectivity index (χ3n) is 0.460. The minimum Gasteiger partial charge on any atom is -0.297 e. The summed E-state index contributed by atoms with van der Waals surface area (Å²) in [4.78, 5) is 3.03. The van der Waals surface area contributed by atoms with Crippen LogP contribution in [0.2, 0.25) is 0 Å². The zero-order valence-electron chi connectivity index (χ0n) is 2.64. The van der Waals surface area contributed by atoms with Crippen LogP contribution in [0.25, 0.3) is 4.85 Å². The molecule has 0 saturated carbocycles. The summed E-state index contributed by atoms with van der Waals surface area (Å²) in [6, 6.07) is 0. The molecule has 1 aliphatic rings. The number of ether oxygens (including phenoxy) is 1. The molecule has 0 aromatic carbocycles. The van der Waals surface area contributed by atoms with Crippen LogP contribution in [0.5, 0.6) is 0 Å². The average molecular weight is 69.1 g/mol. The van der Waals surface area contributed by atoms with Gasteiger partial charge in [-0.25, -0.2) is 6.57 Å². The second-order valence-electron chi connectivity index (χ2n) is 0.917. The van der Waals surface area contributed by atoms with Crippen molar-refractivity contribution in [3.8, 4) is 0 Å². The number of hydrogen-bond donors (Lipinski definition) is 0. The van der Waals surface area contributed by atoms with E-state index in [1.807, 2.05) is 0 Å². The highest BCUT2D eigenvalue weighted by molar-refractivity contribution is 4.77.